The molecule has 0 unspecified atom stereocenters. The van der Waals surface area contributed by atoms with E-state index in [-0.39, 0.29) is 5.92 Å². The Labute approximate surface area is 81.4 Å². The fourth-order valence-electron chi connectivity index (χ4n) is 1.82. The van der Waals surface area contributed by atoms with Crippen LogP contribution in [0.25, 0.3) is 0 Å². The Bertz CT molecular complexity index is 322. The molecule has 76 valence electrons. The average Bonchev–Trinajstić information content (AvgIpc) is 2.19. The summed E-state index contributed by atoms with van der Waals surface area (Å²) in [5, 5.41) is 3.19. The van der Waals surface area contributed by atoms with Gasteiger partial charge in [-0.2, -0.15) is 0 Å². The summed E-state index contributed by atoms with van der Waals surface area (Å²) in [6.45, 7) is 1.76. The first kappa shape index (κ1) is 9.52. The molecule has 14 heavy (non-hydrogen) atoms. The van der Waals surface area contributed by atoms with Crippen LogP contribution in [0.3, 0.4) is 0 Å². The van der Waals surface area contributed by atoms with E-state index in [1.54, 1.807) is 0 Å². The van der Waals surface area contributed by atoms with Gasteiger partial charge in [0.25, 0.3) is 0 Å². The zero-order valence-corrected chi connectivity index (χ0v) is 7.76. The molecular weight excluding hydrogens is 186 g/mol. The van der Waals surface area contributed by atoms with E-state index < -0.39 is 11.6 Å². The molecule has 4 heteroatoms. The van der Waals surface area contributed by atoms with Crippen LogP contribution in [0.2, 0.25) is 0 Å². The van der Waals surface area contributed by atoms with Crippen molar-refractivity contribution >= 4 is 0 Å². The SMILES string of the molecule is Fc1cnc(C2CCNCC2)c(F)c1. The highest BCUT2D eigenvalue weighted by Crippen LogP contribution is 2.25. The molecule has 0 atom stereocenters. The molecule has 1 aromatic rings. The number of aromatic nitrogens is 1. The van der Waals surface area contributed by atoms with Gasteiger partial charge < -0.3 is 5.32 Å². The number of nitrogens with one attached hydrogen (secondary N) is 1. The summed E-state index contributed by atoms with van der Waals surface area (Å²) in [5.41, 5.74) is 0.410. The molecule has 2 nitrogen and oxygen atoms in total. The second-order valence-electron chi connectivity index (χ2n) is 3.54. The van der Waals surface area contributed by atoms with E-state index in [9.17, 15) is 8.78 Å². The Hall–Kier alpha value is -1.03. The number of piperidine rings is 1. The first-order valence-electron chi connectivity index (χ1n) is 4.79. The van der Waals surface area contributed by atoms with Crippen LogP contribution < -0.4 is 5.32 Å². The number of nitrogens with zero attached hydrogens (tertiary/aromatic N) is 1. The minimum absolute atomic E-state index is 0.136. The lowest BCUT2D eigenvalue weighted by Gasteiger charge is -2.22. The quantitative estimate of drug-likeness (QED) is 0.744. The molecule has 1 N–H and O–H groups in total. The Morgan fingerprint density at radius 1 is 1.29 bits per heavy atom. The van der Waals surface area contributed by atoms with Crippen molar-refractivity contribution in [2.24, 2.45) is 0 Å². The van der Waals surface area contributed by atoms with Crippen molar-refractivity contribution in [1.29, 1.82) is 0 Å². The summed E-state index contributed by atoms with van der Waals surface area (Å²) in [5.74, 6) is -0.992. The predicted octanol–water partition coefficient (Wildman–Crippen LogP) is 1.83. The molecule has 1 aliphatic rings. The van der Waals surface area contributed by atoms with Crippen LogP contribution in [-0.4, -0.2) is 18.1 Å². The maximum Gasteiger partial charge on any atom is 0.147 e. The van der Waals surface area contributed by atoms with Gasteiger partial charge in [-0.1, -0.05) is 0 Å². The van der Waals surface area contributed by atoms with E-state index in [0.29, 0.717) is 5.69 Å². The van der Waals surface area contributed by atoms with Gasteiger partial charge in [0.15, 0.2) is 0 Å². The third-order valence-electron chi connectivity index (χ3n) is 2.56. The minimum Gasteiger partial charge on any atom is -0.317 e. The van der Waals surface area contributed by atoms with Crippen LogP contribution >= 0.6 is 0 Å². The van der Waals surface area contributed by atoms with Crippen LogP contribution in [0.1, 0.15) is 24.5 Å². The minimum atomic E-state index is -0.611. The molecule has 0 bridgehead atoms. The molecular formula is C10H12F2N2. The third kappa shape index (κ3) is 1.90. The van der Waals surface area contributed by atoms with Gasteiger partial charge in [-0.25, -0.2) is 8.78 Å². The Morgan fingerprint density at radius 2 is 2.00 bits per heavy atom. The van der Waals surface area contributed by atoms with Crippen molar-refractivity contribution < 1.29 is 8.78 Å². The van der Waals surface area contributed by atoms with E-state index in [1.807, 2.05) is 0 Å². The first-order valence-corrected chi connectivity index (χ1v) is 4.79. The molecule has 0 spiro atoms. The summed E-state index contributed by atoms with van der Waals surface area (Å²) < 4.78 is 25.9. The fourth-order valence-corrected chi connectivity index (χ4v) is 1.82. The van der Waals surface area contributed by atoms with E-state index >= 15 is 0 Å². The van der Waals surface area contributed by atoms with E-state index in [2.05, 4.69) is 10.3 Å². The lowest BCUT2D eigenvalue weighted by Crippen LogP contribution is -2.27. The number of hydrogen-bond donors (Lipinski definition) is 1. The fraction of sp³-hybridized carbons (Fsp3) is 0.500. The highest BCUT2D eigenvalue weighted by Gasteiger charge is 2.20. The molecule has 0 saturated carbocycles. The van der Waals surface area contributed by atoms with Gasteiger partial charge in [-0.05, 0) is 25.9 Å². The summed E-state index contributed by atoms with van der Waals surface area (Å²) in [6.07, 6.45) is 2.82. The summed E-state index contributed by atoms with van der Waals surface area (Å²) >= 11 is 0. The van der Waals surface area contributed by atoms with Crippen molar-refractivity contribution in [1.82, 2.24) is 10.3 Å². The average molecular weight is 198 g/mol. The number of pyridine rings is 1. The van der Waals surface area contributed by atoms with Crippen molar-refractivity contribution in [2.75, 3.05) is 13.1 Å². The maximum absolute atomic E-state index is 13.3. The zero-order chi connectivity index (χ0) is 9.97. The van der Waals surface area contributed by atoms with Crippen LogP contribution in [0.15, 0.2) is 12.3 Å². The molecule has 1 aromatic heterocycles. The van der Waals surface area contributed by atoms with Gasteiger partial charge in [0.1, 0.15) is 11.6 Å². The normalized spacial score (nSPS) is 18.4. The number of rotatable bonds is 1. The molecule has 0 aromatic carbocycles. The maximum atomic E-state index is 13.3. The van der Waals surface area contributed by atoms with Crippen molar-refractivity contribution in [3.05, 3.63) is 29.6 Å². The van der Waals surface area contributed by atoms with Gasteiger partial charge in [0, 0.05) is 12.0 Å². The summed E-state index contributed by atoms with van der Waals surface area (Å²) in [7, 11) is 0. The van der Waals surface area contributed by atoms with Crippen LogP contribution in [0, 0.1) is 11.6 Å². The predicted molar refractivity (Wildman–Crippen MR) is 49.0 cm³/mol. The zero-order valence-electron chi connectivity index (χ0n) is 7.76. The molecule has 0 amide bonds. The second-order valence-corrected chi connectivity index (χ2v) is 3.54. The van der Waals surface area contributed by atoms with E-state index in [4.69, 9.17) is 0 Å². The number of hydrogen-bond acceptors (Lipinski definition) is 2. The Morgan fingerprint density at radius 3 is 2.64 bits per heavy atom. The summed E-state index contributed by atoms with van der Waals surface area (Å²) in [6, 6.07) is 0.907. The molecule has 2 rings (SSSR count). The molecule has 1 aliphatic heterocycles. The second kappa shape index (κ2) is 4.00. The van der Waals surface area contributed by atoms with Crippen molar-refractivity contribution in [3.63, 3.8) is 0 Å². The van der Waals surface area contributed by atoms with E-state index in [0.717, 1.165) is 38.2 Å². The highest BCUT2D eigenvalue weighted by atomic mass is 19.1. The highest BCUT2D eigenvalue weighted by molar-refractivity contribution is 5.14. The van der Waals surface area contributed by atoms with Crippen LogP contribution in [-0.2, 0) is 0 Å². The molecule has 0 radical (unpaired) electrons. The summed E-state index contributed by atoms with van der Waals surface area (Å²) in [4.78, 5) is 3.82. The lowest BCUT2D eigenvalue weighted by molar-refractivity contribution is 0.432. The first-order chi connectivity index (χ1) is 6.77. The standard InChI is InChI=1S/C10H12F2N2/c11-8-5-9(12)10(14-6-8)7-1-3-13-4-2-7/h5-7,13H,1-4H2. The van der Waals surface area contributed by atoms with Gasteiger partial charge in [-0.15, -0.1) is 0 Å². The topological polar surface area (TPSA) is 24.9 Å². The van der Waals surface area contributed by atoms with Crippen LogP contribution in [0.5, 0.6) is 0 Å². The molecule has 2 heterocycles. The monoisotopic (exact) mass is 198 g/mol. The lowest BCUT2D eigenvalue weighted by atomic mass is 9.94. The third-order valence-corrected chi connectivity index (χ3v) is 2.56. The Balaban J connectivity index is 2.22. The van der Waals surface area contributed by atoms with Gasteiger partial charge in [-0.3, -0.25) is 4.98 Å². The molecule has 1 saturated heterocycles. The van der Waals surface area contributed by atoms with Gasteiger partial charge in [0.2, 0.25) is 0 Å². The largest absolute Gasteiger partial charge is 0.317 e. The Kier molecular flexibility index (Phi) is 2.72. The van der Waals surface area contributed by atoms with Gasteiger partial charge in [0.05, 0.1) is 11.9 Å². The number of halogens is 2. The smallest absolute Gasteiger partial charge is 0.147 e. The van der Waals surface area contributed by atoms with Crippen LogP contribution in [0.4, 0.5) is 8.78 Å². The van der Waals surface area contributed by atoms with Crippen molar-refractivity contribution in [3.8, 4) is 0 Å². The van der Waals surface area contributed by atoms with Crippen molar-refractivity contribution in [2.45, 2.75) is 18.8 Å². The molecule has 0 aliphatic carbocycles. The molecule has 1 fully saturated rings. The van der Waals surface area contributed by atoms with E-state index in [1.165, 1.54) is 0 Å². The van der Waals surface area contributed by atoms with Gasteiger partial charge >= 0.3 is 0 Å².